The zero-order chi connectivity index (χ0) is 20.6. The van der Waals surface area contributed by atoms with Crippen LogP contribution < -0.4 is 4.90 Å². The molecule has 0 radical (unpaired) electrons. The van der Waals surface area contributed by atoms with Crippen LogP contribution in [0.3, 0.4) is 0 Å². The molecule has 2 aliphatic heterocycles. The Bertz CT molecular complexity index is 1010. The number of aryl methyl sites for hydroxylation is 2. The average Bonchev–Trinajstić information content (AvgIpc) is 3.22. The molecule has 0 N–H and O–H groups in total. The van der Waals surface area contributed by atoms with Crippen molar-refractivity contribution < 1.29 is 17.7 Å². The first-order valence-electron chi connectivity index (χ1n) is 10.2. The third kappa shape index (κ3) is 3.83. The van der Waals surface area contributed by atoms with Gasteiger partial charge in [0.05, 0.1) is 10.9 Å². The molecule has 29 heavy (non-hydrogen) atoms. The smallest absolute Gasteiger partial charge is 0.244 e. The van der Waals surface area contributed by atoms with Crippen LogP contribution in [0.1, 0.15) is 61.6 Å². The molecule has 156 valence electrons. The van der Waals surface area contributed by atoms with E-state index in [0.29, 0.717) is 48.6 Å². The fourth-order valence-corrected chi connectivity index (χ4v) is 6.20. The van der Waals surface area contributed by atoms with Gasteiger partial charge < -0.3 is 9.42 Å². The van der Waals surface area contributed by atoms with E-state index in [0.717, 1.165) is 25.7 Å². The van der Waals surface area contributed by atoms with Crippen LogP contribution in [0.4, 0.5) is 5.69 Å². The lowest BCUT2D eigenvalue weighted by molar-refractivity contribution is -0.117. The molecule has 1 aromatic heterocycles. The van der Waals surface area contributed by atoms with Crippen molar-refractivity contribution in [2.24, 2.45) is 0 Å². The third-order valence-corrected chi connectivity index (χ3v) is 7.88. The van der Waals surface area contributed by atoms with Crippen molar-refractivity contribution in [3.05, 3.63) is 41.3 Å². The number of aromatic nitrogens is 1. The molecular weight excluding hydrogens is 390 g/mol. The zero-order valence-electron chi connectivity index (χ0n) is 16.9. The van der Waals surface area contributed by atoms with Crippen LogP contribution in [0.25, 0.3) is 0 Å². The first kappa shape index (κ1) is 20.1. The van der Waals surface area contributed by atoms with E-state index >= 15 is 0 Å². The number of carbonyl (C=O) groups excluding carboxylic acids is 1. The standard InChI is InChI=1S/C21H27N3O4S/c1-15-9-10-17(23-11-6-8-21(23)25)14-20(15)29(26,27)24-12-5-3-4-7-19(24)18-13-16(2)28-22-18/h9-10,13-14,19H,3-8,11-12H2,1-2H3. The van der Waals surface area contributed by atoms with Crippen LogP contribution in [0.5, 0.6) is 0 Å². The number of nitrogens with zero attached hydrogens (tertiary/aromatic N) is 3. The summed E-state index contributed by atoms with van der Waals surface area (Å²) in [6.07, 6.45) is 4.78. The molecule has 0 spiro atoms. The number of rotatable bonds is 4. The summed E-state index contributed by atoms with van der Waals surface area (Å²) in [6.45, 7) is 4.69. The Labute approximate surface area is 171 Å². The minimum atomic E-state index is -3.76. The molecular formula is C21H27N3O4S. The van der Waals surface area contributed by atoms with Gasteiger partial charge in [-0.05, 0) is 50.8 Å². The van der Waals surface area contributed by atoms with Crippen molar-refractivity contribution in [2.45, 2.75) is 63.3 Å². The van der Waals surface area contributed by atoms with Gasteiger partial charge in [-0.3, -0.25) is 4.79 Å². The molecule has 3 heterocycles. The summed E-state index contributed by atoms with van der Waals surface area (Å²) in [6, 6.07) is 6.77. The van der Waals surface area contributed by atoms with Gasteiger partial charge in [-0.1, -0.05) is 24.1 Å². The van der Waals surface area contributed by atoms with E-state index < -0.39 is 10.0 Å². The van der Waals surface area contributed by atoms with E-state index in [1.165, 1.54) is 0 Å². The van der Waals surface area contributed by atoms with E-state index in [-0.39, 0.29) is 16.8 Å². The molecule has 1 atom stereocenters. The van der Waals surface area contributed by atoms with Crippen LogP contribution in [-0.2, 0) is 14.8 Å². The Balaban J connectivity index is 1.75. The minimum absolute atomic E-state index is 0.0444. The number of amides is 1. The molecule has 0 bridgehead atoms. The molecule has 2 fully saturated rings. The maximum Gasteiger partial charge on any atom is 0.244 e. The van der Waals surface area contributed by atoms with Gasteiger partial charge in [0.25, 0.3) is 0 Å². The van der Waals surface area contributed by atoms with E-state index in [1.54, 1.807) is 28.3 Å². The van der Waals surface area contributed by atoms with Gasteiger partial charge >= 0.3 is 0 Å². The molecule has 2 aliphatic rings. The maximum atomic E-state index is 13.8. The first-order valence-corrected chi connectivity index (χ1v) is 11.7. The lowest BCUT2D eigenvalue weighted by atomic mass is 10.1. The van der Waals surface area contributed by atoms with Crippen LogP contribution in [0, 0.1) is 13.8 Å². The summed E-state index contributed by atoms with van der Waals surface area (Å²) >= 11 is 0. The second-order valence-corrected chi connectivity index (χ2v) is 9.80. The van der Waals surface area contributed by atoms with Gasteiger partial charge in [0.15, 0.2) is 0 Å². The monoisotopic (exact) mass is 417 g/mol. The average molecular weight is 418 g/mol. The lowest BCUT2D eigenvalue weighted by Gasteiger charge is -2.29. The summed E-state index contributed by atoms with van der Waals surface area (Å²) in [5.74, 6) is 0.718. The predicted octanol–water partition coefficient (Wildman–Crippen LogP) is 3.72. The molecule has 1 aromatic carbocycles. The quantitative estimate of drug-likeness (QED) is 0.757. The van der Waals surface area contributed by atoms with Gasteiger partial charge in [0, 0.05) is 31.3 Å². The van der Waals surface area contributed by atoms with Crippen LogP contribution in [-0.4, -0.2) is 36.9 Å². The van der Waals surface area contributed by atoms with Gasteiger partial charge in [-0.2, -0.15) is 4.31 Å². The Kier molecular flexibility index (Phi) is 5.48. The maximum absolute atomic E-state index is 13.8. The van der Waals surface area contributed by atoms with Crippen molar-refractivity contribution in [3.63, 3.8) is 0 Å². The summed E-state index contributed by atoms with van der Waals surface area (Å²) in [5, 5.41) is 4.12. The summed E-state index contributed by atoms with van der Waals surface area (Å²) in [7, 11) is -3.76. The molecule has 0 aliphatic carbocycles. The highest BCUT2D eigenvalue weighted by Crippen LogP contribution is 2.36. The molecule has 2 aromatic rings. The number of sulfonamides is 1. The van der Waals surface area contributed by atoms with E-state index in [2.05, 4.69) is 5.16 Å². The van der Waals surface area contributed by atoms with E-state index in [9.17, 15) is 13.2 Å². The van der Waals surface area contributed by atoms with Crippen molar-refractivity contribution in [1.29, 1.82) is 0 Å². The van der Waals surface area contributed by atoms with Gasteiger partial charge in [0.2, 0.25) is 15.9 Å². The molecule has 4 rings (SSSR count). The lowest BCUT2D eigenvalue weighted by Crippen LogP contribution is -2.35. The highest BCUT2D eigenvalue weighted by Gasteiger charge is 2.36. The number of carbonyl (C=O) groups is 1. The second kappa shape index (κ2) is 7.91. The second-order valence-electron chi connectivity index (χ2n) is 7.94. The van der Waals surface area contributed by atoms with Gasteiger partial charge in [-0.15, -0.1) is 0 Å². The van der Waals surface area contributed by atoms with Gasteiger partial charge in [-0.25, -0.2) is 8.42 Å². The minimum Gasteiger partial charge on any atom is -0.361 e. The van der Waals surface area contributed by atoms with Crippen LogP contribution in [0.2, 0.25) is 0 Å². The number of hydrogen-bond donors (Lipinski definition) is 0. The fraction of sp³-hybridized carbons (Fsp3) is 0.524. The number of hydrogen-bond acceptors (Lipinski definition) is 5. The van der Waals surface area contributed by atoms with Crippen LogP contribution >= 0.6 is 0 Å². The number of anilines is 1. The normalized spacial score (nSPS) is 21.5. The van der Waals surface area contributed by atoms with Gasteiger partial charge in [0.1, 0.15) is 11.5 Å². The topological polar surface area (TPSA) is 83.7 Å². The summed E-state index contributed by atoms with van der Waals surface area (Å²) < 4.78 is 34.3. The van der Waals surface area contributed by atoms with E-state index in [1.807, 2.05) is 19.1 Å². The Morgan fingerprint density at radius 2 is 1.90 bits per heavy atom. The largest absolute Gasteiger partial charge is 0.361 e. The fourth-order valence-electron chi connectivity index (χ4n) is 4.29. The van der Waals surface area contributed by atoms with E-state index in [4.69, 9.17) is 4.52 Å². The highest BCUT2D eigenvalue weighted by molar-refractivity contribution is 7.89. The van der Waals surface area contributed by atoms with Crippen molar-refractivity contribution >= 4 is 21.6 Å². The summed E-state index contributed by atoms with van der Waals surface area (Å²) in [4.78, 5) is 14.1. The molecule has 1 unspecified atom stereocenters. The third-order valence-electron chi connectivity index (χ3n) is 5.83. The van der Waals surface area contributed by atoms with Crippen LogP contribution in [0.15, 0.2) is 33.7 Å². The Hall–Kier alpha value is -2.19. The molecule has 0 saturated carbocycles. The first-order chi connectivity index (χ1) is 13.9. The molecule has 7 nitrogen and oxygen atoms in total. The Morgan fingerprint density at radius 3 is 2.59 bits per heavy atom. The van der Waals surface area contributed by atoms with Crippen molar-refractivity contribution in [3.8, 4) is 0 Å². The highest BCUT2D eigenvalue weighted by atomic mass is 32.2. The zero-order valence-corrected chi connectivity index (χ0v) is 17.7. The predicted molar refractivity (Wildman–Crippen MR) is 109 cm³/mol. The SMILES string of the molecule is Cc1cc(C2CCCCCN2S(=O)(=O)c2cc(N3CCCC3=O)ccc2C)no1. The number of benzene rings is 1. The molecule has 2 saturated heterocycles. The van der Waals surface area contributed by atoms with Crippen molar-refractivity contribution in [2.75, 3.05) is 18.0 Å². The van der Waals surface area contributed by atoms with Crippen molar-refractivity contribution in [1.82, 2.24) is 9.46 Å². The summed E-state index contributed by atoms with van der Waals surface area (Å²) in [5.41, 5.74) is 2.00. The Morgan fingerprint density at radius 1 is 1.07 bits per heavy atom. The molecule has 8 heteroatoms. The molecule has 1 amide bonds.